The van der Waals surface area contributed by atoms with Gasteiger partial charge >= 0.3 is 0 Å². The van der Waals surface area contributed by atoms with Crippen LogP contribution in [0.4, 0.5) is 0 Å². The summed E-state index contributed by atoms with van der Waals surface area (Å²) in [6.45, 7) is 9.52. The third-order valence-corrected chi connectivity index (χ3v) is 2.81. The SMILES string of the molecule is CC(C)NCc1cc(C(C)C)ccc1Cl. The Morgan fingerprint density at radius 2 is 1.87 bits per heavy atom. The third-order valence-electron chi connectivity index (χ3n) is 2.44. The van der Waals surface area contributed by atoms with Crippen molar-refractivity contribution in [2.24, 2.45) is 0 Å². The minimum absolute atomic E-state index is 0.490. The molecule has 1 aromatic rings. The quantitative estimate of drug-likeness (QED) is 0.818. The molecule has 0 heterocycles. The minimum Gasteiger partial charge on any atom is -0.310 e. The van der Waals surface area contributed by atoms with E-state index in [2.05, 4.69) is 45.1 Å². The number of rotatable bonds is 4. The molecule has 1 rings (SSSR count). The van der Waals surface area contributed by atoms with Gasteiger partial charge in [-0.25, -0.2) is 0 Å². The topological polar surface area (TPSA) is 12.0 Å². The van der Waals surface area contributed by atoms with Crippen LogP contribution in [0.3, 0.4) is 0 Å². The lowest BCUT2D eigenvalue weighted by Crippen LogP contribution is -2.22. The van der Waals surface area contributed by atoms with E-state index in [1.165, 1.54) is 11.1 Å². The largest absolute Gasteiger partial charge is 0.310 e. The number of hydrogen-bond donors (Lipinski definition) is 1. The molecule has 0 saturated carbocycles. The Balaban J connectivity index is 2.81. The minimum atomic E-state index is 0.490. The first-order valence-electron chi connectivity index (χ1n) is 5.52. The number of nitrogens with one attached hydrogen (secondary N) is 1. The fraction of sp³-hybridized carbons (Fsp3) is 0.538. The predicted octanol–water partition coefficient (Wildman–Crippen LogP) is 3.96. The van der Waals surface area contributed by atoms with Crippen molar-refractivity contribution in [2.45, 2.75) is 46.2 Å². The first-order chi connectivity index (χ1) is 7.00. The molecule has 0 unspecified atom stereocenters. The summed E-state index contributed by atoms with van der Waals surface area (Å²) in [5.41, 5.74) is 2.54. The van der Waals surface area contributed by atoms with Gasteiger partial charge in [-0.3, -0.25) is 0 Å². The van der Waals surface area contributed by atoms with E-state index >= 15 is 0 Å². The first kappa shape index (κ1) is 12.5. The Kier molecular flexibility index (Phi) is 4.62. The van der Waals surface area contributed by atoms with E-state index in [0.717, 1.165) is 11.6 Å². The molecule has 0 aliphatic heterocycles. The van der Waals surface area contributed by atoms with Crippen molar-refractivity contribution in [1.29, 1.82) is 0 Å². The van der Waals surface area contributed by atoms with Crippen LogP contribution in [-0.2, 0) is 6.54 Å². The Bertz CT molecular complexity index is 318. The second-order valence-electron chi connectivity index (χ2n) is 4.54. The van der Waals surface area contributed by atoms with Crippen molar-refractivity contribution in [3.05, 3.63) is 34.3 Å². The highest BCUT2D eigenvalue weighted by Gasteiger charge is 2.05. The average molecular weight is 226 g/mol. The summed E-state index contributed by atoms with van der Waals surface area (Å²) in [7, 11) is 0. The molecule has 0 bridgehead atoms. The molecule has 0 aromatic heterocycles. The summed E-state index contributed by atoms with van der Waals surface area (Å²) in [5.74, 6) is 0.556. The van der Waals surface area contributed by atoms with Crippen LogP contribution in [0.1, 0.15) is 44.7 Å². The van der Waals surface area contributed by atoms with Crippen molar-refractivity contribution in [1.82, 2.24) is 5.32 Å². The molecule has 0 radical (unpaired) electrons. The van der Waals surface area contributed by atoms with Gasteiger partial charge in [-0.1, -0.05) is 51.4 Å². The molecule has 1 nitrogen and oxygen atoms in total. The maximum atomic E-state index is 6.14. The van der Waals surface area contributed by atoms with Gasteiger partial charge in [0.15, 0.2) is 0 Å². The normalized spacial score (nSPS) is 11.4. The monoisotopic (exact) mass is 225 g/mol. The molecule has 0 fully saturated rings. The molecule has 0 aliphatic carbocycles. The smallest absolute Gasteiger partial charge is 0.0451 e. The summed E-state index contributed by atoms with van der Waals surface area (Å²) in [6, 6.07) is 6.78. The van der Waals surface area contributed by atoms with Crippen molar-refractivity contribution in [3.63, 3.8) is 0 Å². The zero-order chi connectivity index (χ0) is 11.4. The average Bonchev–Trinajstić information content (AvgIpc) is 2.16. The van der Waals surface area contributed by atoms with Crippen molar-refractivity contribution in [3.8, 4) is 0 Å². The fourth-order valence-corrected chi connectivity index (χ4v) is 1.59. The highest BCUT2D eigenvalue weighted by molar-refractivity contribution is 6.31. The van der Waals surface area contributed by atoms with Gasteiger partial charge in [0.05, 0.1) is 0 Å². The maximum Gasteiger partial charge on any atom is 0.0451 e. The molecule has 0 aliphatic rings. The second-order valence-corrected chi connectivity index (χ2v) is 4.95. The summed E-state index contributed by atoms with van der Waals surface area (Å²) >= 11 is 6.14. The van der Waals surface area contributed by atoms with Gasteiger partial charge in [0.1, 0.15) is 0 Å². The molecule has 15 heavy (non-hydrogen) atoms. The predicted molar refractivity (Wildman–Crippen MR) is 67.5 cm³/mol. The summed E-state index contributed by atoms with van der Waals surface area (Å²) < 4.78 is 0. The van der Waals surface area contributed by atoms with E-state index in [1.54, 1.807) is 0 Å². The lowest BCUT2D eigenvalue weighted by Gasteiger charge is -2.12. The molecule has 0 saturated heterocycles. The van der Waals surface area contributed by atoms with Crippen LogP contribution in [0.2, 0.25) is 5.02 Å². The second kappa shape index (κ2) is 5.53. The van der Waals surface area contributed by atoms with Crippen LogP contribution < -0.4 is 5.32 Å². The van der Waals surface area contributed by atoms with E-state index in [-0.39, 0.29) is 0 Å². The highest BCUT2D eigenvalue weighted by atomic mass is 35.5. The van der Waals surface area contributed by atoms with Gasteiger partial charge in [-0.15, -0.1) is 0 Å². The zero-order valence-electron chi connectivity index (χ0n) is 9.97. The Hall–Kier alpha value is -0.530. The molecule has 2 heteroatoms. The van der Waals surface area contributed by atoms with Crippen LogP contribution in [0.15, 0.2) is 18.2 Å². The number of benzene rings is 1. The molecule has 1 N–H and O–H groups in total. The molecule has 0 amide bonds. The van der Waals surface area contributed by atoms with E-state index in [0.29, 0.717) is 12.0 Å². The van der Waals surface area contributed by atoms with Crippen LogP contribution in [-0.4, -0.2) is 6.04 Å². The van der Waals surface area contributed by atoms with E-state index in [9.17, 15) is 0 Å². The summed E-state index contributed by atoms with van der Waals surface area (Å²) in [5, 5.41) is 4.24. The van der Waals surface area contributed by atoms with Gasteiger partial charge in [0.2, 0.25) is 0 Å². The molecule has 0 atom stereocenters. The van der Waals surface area contributed by atoms with E-state index < -0.39 is 0 Å². The van der Waals surface area contributed by atoms with E-state index in [1.807, 2.05) is 6.07 Å². The molecular formula is C13H20ClN. The van der Waals surface area contributed by atoms with Crippen molar-refractivity contribution in [2.75, 3.05) is 0 Å². The third kappa shape index (κ3) is 3.84. The fourth-order valence-electron chi connectivity index (χ4n) is 1.40. The van der Waals surface area contributed by atoms with Gasteiger partial charge in [0, 0.05) is 17.6 Å². The molecule has 0 spiro atoms. The molecule has 84 valence electrons. The number of halogens is 1. The zero-order valence-corrected chi connectivity index (χ0v) is 10.7. The molecule has 1 aromatic carbocycles. The summed E-state index contributed by atoms with van der Waals surface area (Å²) in [4.78, 5) is 0. The van der Waals surface area contributed by atoms with Crippen molar-refractivity contribution >= 4 is 11.6 Å². The van der Waals surface area contributed by atoms with Gasteiger partial charge in [-0.05, 0) is 23.1 Å². The van der Waals surface area contributed by atoms with Crippen LogP contribution in [0.5, 0.6) is 0 Å². The standard InChI is InChI=1S/C13H20ClN/c1-9(2)11-5-6-13(14)12(7-11)8-15-10(3)4/h5-7,9-10,15H,8H2,1-4H3. The molecular weight excluding hydrogens is 206 g/mol. The maximum absolute atomic E-state index is 6.14. The first-order valence-corrected chi connectivity index (χ1v) is 5.90. The Morgan fingerprint density at radius 1 is 1.20 bits per heavy atom. The van der Waals surface area contributed by atoms with Crippen LogP contribution in [0, 0.1) is 0 Å². The van der Waals surface area contributed by atoms with E-state index in [4.69, 9.17) is 11.6 Å². The number of hydrogen-bond acceptors (Lipinski definition) is 1. The van der Waals surface area contributed by atoms with Gasteiger partial charge < -0.3 is 5.32 Å². The van der Waals surface area contributed by atoms with Gasteiger partial charge in [-0.2, -0.15) is 0 Å². The van der Waals surface area contributed by atoms with Gasteiger partial charge in [0.25, 0.3) is 0 Å². The summed E-state index contributed by atoms with van der Waals surface area (Å²) in [6.07, 6.45) is 0. The Labute approximate surface area is 97.8 Å². The lowest BCUT2D eigenvalue weighted by atomic mass is 10.0. The highest BCUT2D eigenvalue weighted by Crippen LogP contribution is 2.22. The van der Waals surface area contributed by atoms with Crippen molar-refractivity contribution < 1.29 is 0 Å². The Morgan fingerprint density at radius 3 is 2.40 bits per heavy atom. The van der Waals surface area contributed by atoms with Crippen LogP contribution in [0.25, 0.3) is 0 Å². The lowest BCUT2D eigenvalue weighted by molar-refractivity contribution is 0.588. The van der Waals surface area contributed by atoms with Crippen LogP contribution >= 0.6 is 11.6 Å².